The molecule has 0 atom stereocenters. The maximum atomic E-state index is 5.66. The molecule has 0 saturated heterocycles. The number of nitrogens with one attached hydrogen (secondary N) is 1. The van der Waals surface area contributed by atoms with Crippen molar-refractivity contribution in [3.8, 4) is 11.5 Å². The van der Waals surface area contributed by atoms with Crippen LogP contribution in [0.4, 0.5) is 0 Å². The molecule has 0 fully saturated rings. The van der Waals surface area contributed by atoms with Crippen LogP contribution in [0.2, 0.25) is 0 Å². The Balaban J connectivity index is 2.73. The van der Waals surface area contributed by atoms with Gasteiger partial charge in [-0.25, -0.2) is 0 Å². The van der Waals surface area contributed by atoms with E-state index in [0.29, 0.717) is 6.61 Å². The Hall–Kier alpha value is -1.48. The van der Waals surface area contributed by atoms with E-state index in [1.165, 1.54) is 5.57 Å². The average Bonchev–Trinajstić information content (AvgIpc) is 2.46. The molecule has 0 spiro atoms. The Morgan fingerprint density at radius 3 is 2.65 bits per heavy atom. The topological polar surface area (TPSA) is 30.5 Å². The lowest BCUT2D eigenvalue weighted by Crippen LogP contribution is -2.16. The van der Waals surface area contributed by atoms with Crippen LogP contribution in [0.3, 0.4) is 0 Å². The fourth-order valence-corrected chi connectivity index (χ4v) is 1.90. The second-order valence-corrected chi connectivity index (χ2v) is 4.93. The van der Waals surface area contributed by atoms with Gasteiger partial charge in [0.25, 0.3) is 0 Å². The molecule has 3 nitrogen and oxygen atoms in total. The van der Waals surface area contributed by atoms with Crippen LogP contribution in [0.15, 0.2) is 23.8 Å². The first-order valence-electron chi connectivity index (χ1n) is 7.40. The molecule has 0 aliphatic carbocycles. The minimum Gasteiger partial charge on any atom is -0.493 e. The van der Waals surface area contributed by atoms with E-state index in [1.807, 2.05) is 12.1 Å². The van der Waals surface area contributed by atoms with Gasteiger partial charge in [0.2, 0.25) is 0 Å². The highest BCUT2D eigenvalue weighted by atomic mass is 16.5. The first kappa shape index (κ1) is 16.6. The molecule has 1 aromatic rings. The summed E-state index contributed by atoms with van der Waals surface area (Å²) in [5.41, 5.74) is 2.45. The van der Waals surface area contributed by atoms with Crippen LogP contribution in [-0.4, -0.2) is 26.8 Å². The lowest BCUT2D eigenvalue weighted by Gasteiger charge is -2.11. The molecule has 0 amide bonds. The van der Waals surface area contributed by atoms with Gasteiger partial charge in [-0.3, -0.25) is 0 Å². The van der Waals surface area contributed by atoms with Crippen molar-refractivity contribution in [2.45, 2.75) is 33.6 Å². The zero-order valence-electron chi connectivity index (χ0n) is 13.2. The monoisotopic (exact) mass is 277 g/mol. The van der Waals surface area contributed by atoms with Gasteiger partial charge in [-0.15, -0.1) is 0 Å². The molecular formula is C17H27NO2. The number of ether oxygens (including phenoxy) is 2. The maximum Gasteiger partial charge on any atom is 0.161 e. The van der Waals surface area contributed by atoms with Crippen molar-refractivity contribution in [1.82, 2.24) is 5.32 Å². The predicted molar refractivity (Wildman–Crippen MR) is 85.6 cm³/mol. The fraction of sp³-hybridized carbons (Fsp3) is 0.529. The van der Waals surface area contributed by atoms with Gasteiger partial charge in [0, 0.05) is 6.54 Å². The molecule has 112 valence electrons. The van der Waals surface area contributed by atoms with E-state index >= 15 is 0 Å². The summed E-state index contributed by atoms with van der Waals surface area (Å²) in [5.74, 6) is 1.61. The molecule has 0 aliphatic rings. The Morgan fingerprint density at radius 1 is 1.20 bits per heavy atom. The second-order valence-electron chi connectivity index (χ2n) is 4.93. The minimum absolute atomic E-state index is 0.714. The summed E-state index contributed by atoms with van der Waals surface area (Å²) in [5, 5.41) is 3.40. The first-order chi connectivity index (χ1) is 9.71. The largest absolute Gasteiger partial charge is 0.493 e. The van der Waals surface area contributed by atoms with Crippen molar-refractivity contribution in [2.75, 3.05) is 26.8 Å². The van der Waals surface area contributed by atoms with Gasteiger partial charge < -0.3 is 14.8 Å². The van der Waals surface area contributed by atoms with Crippen molar-refractivity contribution < 1.29 is 9.47 Å². The summed E-state index contributed by atoms with van der Waals surface area (Å²) in [4.78, 5) is 0. The lowest BCUT2D eigenvalue weighted by molar-refractivity contribution is 0.294. The van der Waals surface area contributed by atoms with E-state index in [1.54, 1.807) is 7.11 Å². The summed E-state index contributed by atoms with van der Waals surface area (Å²) in [7, 11) is 1.68. The molecule has 20 heavy (non-hydrogen) atoms. The highest BCUT2D eigenvalue weighted by molar-refractivity contribution is 5.58. The van der Waals surface area contributed by atoms with Crippen LogP contribution in [-0.2, 0) is 0 Å². The minimum atomic E-state index is 0.714. The van der Waals surface area contributed by atoms with Crippen molar-refractivity contribution in [3.63, 3.8) is 0 Å². The van der Waals surface area contributed by atoms with Gasteiger partial charge in [0.05, 0.1) is 13.7 Å². The molecule has 0 aromatic heterocycles. The van der Waals surface area contributed by atoms with E-state index in [9.17, 15) is 0 Å². The van der Waals surface area contributed by atoms with Crippen LogP contribution in [0.5, 0.6) is 11.5 Å². The van der Waals surface area contributed by atoms with Gasteiger partial charge in [-0.1, -0.05) is 31.6 Å². The molecule has 0 heterocycles. The van der Waals surface area contributed by atoms with Gasteiger partial charge in [0.1, 0.15) is 0 Å². The third kappa shape index (κ3) is 5.66. The van der Waals surface area contributed by atoms with Crippen molar-refractivity contribution in [2.24, 2.45) is 0 Å². The molecule has 3 heteroatoms. The Morgan fingerprint density at radius 2 is 2.00 bits per heavy atom. The van der Waals surface area contributed by atoms with Crippen molar-refractivity contribution in [3.05, 3.63) is 29.3 Å². The molecule has 0 aliphatic heterocycles. The van der Waals surface area contributed by atoms with E-state index < -0.39 is 0 Å². The van der Waals surface area contributed by atoms with E-state index in [2.05, 4.69) is 38.2 Å². The number of hydrogen-bond donors (Lipinski definition) is 1. The average molecular weight is 277 g/mol. The van der Waals surface area contributed by atoms with Crippen LogP contribution in [0.25, 0.3) is 6.08 Å². The molecular weight excluding hydrogens is 250 g/mol. The Labute approximate surface area is 123 Å². The zero-order chi connectivity index (χ0) is 14.8. The third-order valence-corrected chi connectivity index (χ3v) is 2.89. The van der Waals surface area contributed by atoms with Gasteiger partial charge in [-0.05, 0) is 44.0 Å². The number of rotatable bonds is 9. The third-order valence-electron chi connectivity index (χ3n) is 2.89. The molecule has 0 unspecified atom stereocenters. The highest BCUT2D eigenvalue weighted by Gasteiger charge is 2.04. The smallest absolute Gasteiger partial charge is 0.161 e. The zero-order valence-corrected chi connectivity index (χ0v) is 13.2. The van der Waals surface area contributed by atoms with Gasteiger partial charge in [0.15, 0.2) is 11.5 Å². The van der Waals surface area contributed by atoms with Crippen LogP contribution in [0.1, 0.15) is 39.2 Å². The first-order valence-corrected chi connectivity index (χ1v) is 7.40. The summed E-state index contributed by atoms with van der Waals surface area (Å²) >= 11 is 0. The van der Waals surface area contributed by atoms with Crippen LogP contribution >= 0.6 is 0 Å². The standard InChI is InChI=1S/C17H27NO2/c1-5-9-18-13-14(3)11-15-7-8-16(20-10-6-2)17(12-15)19-4/h7-8,11-12,18H,5-6,9-10,13H2,1-4H3. The Kier molecular flexibility index (Phi) is 7.81. The lowest BCUT2D eigenvalue weighted by atomic mass is 10.1. The quantitative estimate of drug-likeness (QED) is 0.695. The fourth-order valence-electron chi connectivity index (χ4n) is 1.90. The highest BCUT2D eigenvalue weighted by Crippen LogP contribution is 2.29. The van der Waals surface area contributed by atoms with Gasteiger partial charge >= 0.3 is 0 Å². The number of benzene rings is 1. The summed E-state index contributed by atoms with van der Waals surface area (Å²) < 4.78 is 11.1. The SMILES string of the molecule is CCCNCC(C)=Cc1ccc(OCCC)c(OC)c1. The van der Waals surface area contributed by atoms with Crippen LogP contribution in [0, 0.1) is 0 Å². The van der Waals surface area contributed by atoms with Crippen molar-refractivity contribution >= 4 is 6.08 Å². The normalized spacial score (nSPS) is 11.5. The van der Waals surface area contributed by atoms with E-state index in [4.69, 9.17) is 9.47 Å². The molecule has 1 rings (SSSR count). The van der Waals surface area contributed by atoms with Crippen molar-refractivity contribution in [1.29, 1.82) is 0 Å². The maximum absolute atomic E-state index is 5.66. The van der Waals surface area contributed by atoms with E-state index in [-0.39, 0.29) is 0 Å². The Bertz CT molecular complexity index is 427. The summed E-state index contributed by atoms with van der Waals surface area (Å²) in [6.07, 6.45) is 4.33. The summed E-state index contributed by atoms with van der Waals surface area (Å²) in [6, 6.07) is 6.07. The number of hydrogen-bond acceptors (Lipinski definition) is 3. The van der Waals surface area contributed by atoms with Crippen LogP contribution < -0.4 is 14.8 Å². The summed E-state index contributed by atoms with van der Waals surface area (Å²) in [6.45, 7) is 9.09. The molecule has 0 saturated carbocycles. The predicted octanol–water partition coefficient (Wildman–Crippen LogP) is 3.89. The molecule has 0 radical (unpaired) electrons. The van der Waals surface area contributed by atoms with E-state index in [0.717, 1.165) is 43.0 Å². The molecule has 1 aromatic carbocycles. The molecule has 0 bridgehead atoms. The molecule has 1 N–H and O–H groups in total. The van der Waals surface area contributed by atoms with Gasteiger partial charge in [-0.2, -0.15) is 0 Å². The number of methoxy groups -OCH3 is 1. The second kappa shape index (κ2) is 9.43.